The number of aryl methyl sites for hydroxylation is 1. The molecule has 6 rings (SSSR count). The van der Waals surface area contributed by atoms with E-state index in [-0.39, 0.29) is 12.1 Å². The SMILES string of the molecule is Cc1ccc(-c2nccs2)c2oc(N3CC4CC(C3)N4C(=O)O)nc12. The number of aromatic nitrogens is 2. The van der Waals surface area contributed by atoms with Crippen molar-refractivity contribution >= 4 is 34.5 Å². The fourth-order valence-corrected chi connectivity index (χ4v) is 4.52. The first-order valence-corrected chi connectivity index (χ1v) is 9.06. The largest absolute Gasteiger partial charge is 0.465 e. The molecule has 128 valence electrons. The van der Waals surface area contributed by atoms with Crippen LogP contribution in [0.1, 0.15) is 12.0 Å². The minimum Gasteiger partial charge on any atom is -0.465 e. The second-order valence-electron chi connectivity index (χ2n) is 6.58. The normalized spacial score (nSPS) is 22.3. The highest BCUT2D eigenvalue weighted by molar-refractivity contribution is 7.13. The van der Waals surface area contributed by atoms with Crippen molar-refractivity contribution in [3.05, 3.63) is 29.3 Å². The molecule has 3 aliphatic heterocycles. The standard InChI is InChI=1S/C17H16N4O3S/c1-9-2-3-12(15-18-4-5-25-15)14-13(9)19-16(24-14)20-7-10-6-11(8-20)21(10)17(22)23/h2-5,10-11H,6-8H2,1H3,(H,22,23). The fraction of sp³-hybridized carbons (Fsp3) is 0.353. The van der Waals surface area contributed by atoms with E-state index in [0.29, 0.717) is 19.1 Å². The Hall–Kier alpha value is -2.61. The molecule has 3 aromatic rings. The average Bonchev–Trinajstić information content (AvgIpc) is 3.25. The van der Waals surface area contributed by atoms with Crippen molar-refractivity contribution in [1.82, 2.24) is 14.9 Å². The molecule has 3 saturated heterocycles. The Morgan fingerprint density at radius 3 is 2.84 bits per heavy atom. The van der Waals surface area contributed by atoms with Crippen molar-refractivity contribution in [3.8, 4) is 10.6 Å². The van der Waals surface area contributed by atoms with Gasteiger partial charge < -0.3 is 14.4 Å². The molecule has 5 heterocycles. The van der Waals surface area contributed by atoms with Crippen LogP contribution in [0.2, 0.25) is 0 Å². The number of rotatable bonds is 2. The van der Waals surface area contributed by atoms with Gasteiger partial charge in [0, 0.05) is 24.7 Å². The maximum atomic E-state index is 11.3. The number of carboxylic acid groups (broad SMARTS) is 1. The number of hydrogen-bond acceptors (Lipinski definition) is 6. The minimum atomic E-state index is -0.833. The Balaban J connectivity index is 1.53. The summed E-state index contributed by atoms with van der Waals surface area (Å²) in [6.45, 7) is 3.27. The molecule has 8 heteroatoms. The van der Waals surface area contributed by atoms with E-state index in [1.54, 1.807) is 22.4 Å². The van der Waals surface area contributed by atoms with E-state index < -0.39 is 6.09 Å². The molecule has 2 atom stereocenters. The smallest absolute Gasteiger partial charge is 0.407 e. The van der Waals surface area contributed by atoms with E-state index in [1.165, 1.54) is 0 Å². The van der Waals surface area contributed by atoms with Crippen molar-refractivity contribution in [2.75, 3.05) is 18.0 Å². The van der Waals surface area contributed by atoms with Crippen molar-refractivity contribution in [3.63, 3.8) is 0 Å². The third-order valence-corrected chi connectivity index (χ3v) is 5.89. The lowest BCUT2D eigenvalue weighted by atomic mass is 9.88. The zero-order valence-corrected chi connectivity index (χ0v) is 14.4. The van der Waals surface area contributed by atoms with Crippen LogP contribution >= 0.6 is 11.3 Å². The molecule has 3 fully saturated rings. The fourth-order valence-electron chi connectivity index (χ4n) is 3.86. The predicted molar refractivity (Wildman–Crippen MR) is 94.1 cm³/mol. The van der Waals surface area contributed by atoms with Gasteiger partial charge in [0.1, 0.15) is 10.5 Å². The molecular formula is C17H16N4O3S. The average molecular weight is 356 g/mol. The first-order chi connectivity index (χ1) is 12.1. The van der Waals surface area contributed by atoms with Gasteiger partial charge in [0.2, 0.25) is 0 Å². The van der Waals surface area contributed by atoms with Gasteiger partial charge in [0.05, 0.1) is 17.6 Å². The molecule has 2 aromatic heterocycles. The van der Waals surface area contributed by atoms with Crippen LogP contribution in [-0.2, 0) is 0 Å². The Kier molecular flexibility index (Phi) is 3.05. The van der Waals surface area contributed by atoms with Crippen LogP contribution in [0.15, 0.2) is 28.1 Å². The third kappa shape index (κ3) is 2.13. The van der Waals surface area contributed by atoms with Gasteiger partial charge in [0.25, 0.3) is 6.01 Å². The van der Waals surface area contributed by atoms with Crippen LogP contribution in [0.4, 0.5) is 10.8 Å². The number of thiazole rings is 1. The summed E-state index contributed by atoms with van der Waals surface area (Å²) < 4.78 is 6.12. The summed E-state index contributed by atoms with van der Waals surface area (Å²) in [5.41, 5.74) is 3.60. The van der Waals surface area contributed by atoms with E-state index in [9.17, 15) is 9.90 Å². The van der Waals surface area contributed by atoms with Crippen LogP contribution in [-0.4, -0.2) is 51.2 Å². The summed E-state index contributed by atoms with van der Waals surface area (Å²) in [7, 11) is 0. The highest BCUT2D eigenvalue weighted by Crippen LogP contribution is 2.38. The van der Waals surface area contributed by atoms with Crippen LogP contribution in [0.5, 0.6) is 0 Å². The van der Waals surface area contributed by atoms with Crippen molar-refractivity contribution in [2.24, 2.45) is 0 Å². The van der Waals surface area contributed by atoms with Crippen molar-refractivity contribution in [1.29, 1.82) is 0 Å². The molecule has 0 saturated carbocycles. The molecule has 3 aliphatic rings. The molecule has 0 spiro atoms. The number of carbonyl (C=O) groups is 1. The van der Waals surface area contributed by atoms with Gasteiger partial charge in [-0.15, -0.1) is 11.3 Å². The zero-order valence-electron chi connectivity index (χ0n) is 13.5. The van der Waals surface area contributed by atoms with Gasteiger partial charge in [-0.1, -0.05) is 6.07 Å². The Morgan fingerprint density at radius 1 is 1.36 bits per heavy atom. The van der Waals surface area contributed by atoms with Gasteiger partial charge in [-0.05, 0) is 25.0 Å². The van der Waals surface area contributed by atoms with Gasteiger partial charge in [-0.2, -0.15) is 4.98 Å². The van der Waals surface area contributed by atoms with E-state index >= 15 is 0 Å². The summed E-state index contributed by atoms with van der Waals surface area (Å²) in [5.74, 6) is 0. The van der Waals surface area contributed by atoms with Crippen molar-refractivity contribution < 1.29 is 14.3 Å². The molecule has 0 aliphatic carbocycles. The van der Waals surface area contributed by atoms with Gasteiger partial charge in [0.15, 0.2) is 5.58 Å². The van der Waals surface area contributed by atoms with Gasteiger partial charge in [-0.25, -0.2) is 9.78 Å². The highest BCUT2D eigenvalue weighted by atomic mass is 32.1. The van der Waals surface area contributed by atoms with E-state index in [4.69, 9.17) is 9.40 Å². The molecule has 7 nitrogen and oxygen atoms in total. The lowest BCUT2D eigenvalue weighted by molar-refractivity contribution is 0.0101. The maximum Gasteiger partial charge on any atom is 0.407 e. The predicted octanol–water partition coefficient (Wildman–Crippen LogP) is 3.20. The molecule has 1 aromatic carbocycles. The number of piperazine rings is 1. The summed E-state index contributed by atoms with van der Waals surface area (Å²) in [4.78, 5) is 24.0. The third-order valence-electron chi connectivity index (χ3n) is 5.08. The van der Waals surface area contributed by atoms with Gasteiger partial charge >= 0.3 is 6.09 Å². The molecule has 1 N–H and O–H groups in total. The highest BCUT2D eigenvalue weighted by Gasteiger charge is 2.48. The van der Waals surface area contributed by atoms with Crippen molar-refractivity contribution in [2.45, 2.75) is 25.4 Å². The molecule has 2 unspecified atom stereocenters. The lowest BCUT2D eigenvalue weighted by Crippen LogP contribution is -2.70. The van der Waals surface area contributed by atoms with E-state index in [2.05, 4.69) is 9.88 Å². The Morgan fingerprint density at radius 2 is 2.16 bits per heavy atom. The van der Waals surface area contributed by atoms with Crippen LogP contribution < -0.4 is 4.90 Å². The monoisotopic (exact) mass is 356 g/mol. The number of anilines is 1. The molecule has 25 heavy (non-hydrogen) atoms. The van der Waals surface area contributed by atoms with Gasteiger partial charge in [-0.3, -0.25) is 4.90 Å². The minimum absolute atomic E-state index is 0.0331. The van der Waals surface area contributed by atoms with Crippen LogP contribution in [0, 0.1) is 6.92 Å². The number of nitrogens with zero attached hydrogens (tertiary/aromatic N) is 4. The lowest BCUT2D eigenvalue weighted by Gasteiger charge is -2.54. The topological polar surface area (TPSA) is 82.7 Å². The molecule has 0 radical (unpaired) electrons. The Labute approximate surface area is 147 Å². The second-order valence-corrected chi connectivity index (χ2v) is 7.47. The zero-order chi connectivity index (χ0) is 17.1. The number of oxazole rings is 1. The summed E-state index contributed by atoms with van der Waals surface area (Å²) >= 11 is 1.57. The maximum absolute atomic E-state index is 11.3. The van der Waals surface area contributed by atoms with Crippen LogP contribution in [0.3, 0.4) is 0 Å². The second kappa shape index (κ2) is 5.19. The first-order valence-electron chi connectivity index (χ1n) is 8.18. The van der Waals surface area contributed by atoms with E-state index in [0.717, 1.165) is 33.7 Å². The number of piperidine rings is 1. The summed E-state index contributed by atoms with van der Waals surface area (Å²) in [5, 5.41) is 12.1. The summed E-state index contributed by atoms with van der Waals surface area (Å²) in [6.07, 6.45) is 1.87. The van der Waals surface area contributed by atoms with Crippen LogP contribution in [0.25, 0.3) is 21.7 Å². The number of fused-ring (bicyclic) bond motifs is 3. The van der Waals surface area contributed by atoms with E-state index in [1.807, 2.05) is 24.4 Å². The molecule has 2 bridgehead atoms. The molecule has 1 amide bonds. The summed E-state index contributed by atoms with van der Waals surface area (Å²) in [6, 6.07) is 4.69. The number of amides is 1. The first kappa shape index (κ1) is 14.7. The number of benzene rings is 1. The quantitative estimate of drug-likeness (QED) is 0.759. The molecular weight excluding hydrogens is 340 g/mol. The Bertz CT molecular complexity index is 956. The number of hydrogen-bond donors (Lipinski definition) is 1.